The van der Waals surface area contributed by atoms with E-state index in [4.69, 9.17) is 10.5 Å². The predicted molar refractivity (Wildman–Crippen MR) is 83.3 cm³/mol. The average Bonchev–Trinajstić information content (AvgIpc) is 2.99. The average molecular weight is 326 g/mol. The number of carbonyl (C=O) groups is 2. The van der Waals surface area contributed by atoms with Gasteiger partial charge >= 0.3 is 11.9 Å². The van der Waals surface area contributed by atoms with Gasteiger partial charge in [-0.25, -0.2) is 0 Å². The number of aliphatic carboxylic acids is 1. The standard InChI is InChI=1S/C15H22N2O4S/c1-15(2,3)21-14(20)9-6-7-17(12(9)16)11(13(18)19)10-5-4-8-22-10/h4-5,8-9,11-12H,6-7,16H2,1-3H3,(H,18,19)/t9-,11+,12-/m1/s1. The molecular formula is C15H22N2O4S. The van der Waals surface area contributed by atoms with Crippen LogP contribution in [0.3, 0.4) is 0 Å². The molecule has 2 rings (SSSR count). The lowest BCUT2D eigenvalue weighted by Gasteiger charge is -2.29. The molecule has 0 amide bonds. The van der Waals surface area contributed by atoms with Gasteiger partial charge in [-0.2, -0.15) is 0 Å². The van der Waals surface area contributed by atoms with E-state index in [1.165, 1.54) is 11.3 Å². The van der Waals surface area contributed by atoms with Crippen LogP contribution in [0.15, 0.2) is 17.5 Å². The van der Waals surface area contributed by atoms with Crippen molar-refractivity contribution >= 4 is 23.3 Å². The third kappa shape index (κ3) is 3.66. The summed E-state index contributed by atoms with van der Waals surface area (Å²) in [6.45, 7) is 5.86. The Morgan fingerprint density at radius 3 is 2.68 bits per heavy atom. The van der Waals surface area contributed by atoms with Crippen molar-refractivity contribution in [3.8, 4) is 0 Å². The summed E-state index contributed by atoms with van der Waals surface area (Å²) in [6, 6.07) is 2.77. The molecule has 1 aliphatic heterocycles. The number of carboxylic acids is 1. The number of hydrogen-bond acceptors (Lipinski definition) is 6. The highest BCUT2D eigenvalue weighted by atomic mass is 32.1. The quantitative estimate of drug-likeness (QED) is 0.820. The van der Waals surface area contributed by atoms with Crippen molar-refractivity contribution in [1.82, 2.24) is 4.90 Å². The number of esters is 1. The predicted octanol–water partition coefficient (Wildman–Crippen LogP) is 1.82. The minimum absolute atomic E-state index is 0.363. The van der Waals surface area contributed by atoms with E-state index in [0.717, 1.165) is 0 Å². The highest BCUT2D eigenvalue weighted by Gasteiger charge is 2.44. The summed E-state index contributed by atoms with van der Waals surface area (Å²) >= 11 is 1.37. The van der Waals surface area contributed by atoms with Gasteiger partial charge in [-0.15, -0.1) is 11.3 Å². The first-order valence-electron chi connectivity index (χ1n) is 7.21. The number of carbonyl (C=O) groups excluding carboxylic acids is 1. The van der Waals surface area contributed by atoms with Crippen LogP contribution in [0.2, 0.25) is 0 Å². The normalized spacial score (nSPS) is 24.2. The van der Waals surface area contributed by atoms with Crippen molar-refractivity contribution in [3.63, 3.8) is 0 Å². The number of nitrogens with two attached hydrogens (primary N) is 1. The van der Waals surface area contributed by atoms with E-state index in [1.54, 1.807) is 31.7 Å². The molecule has 1 fully saturated rings. The Labute approximate surface area is 133 Å². The molecule has 0 spiro atoms. The van der Waals surface area contributed by atoms with Gasteiger partial charge < -0.3 is 15.6 Å². The van der Waals surface area contributed by atoms with Gasteiger partial charge in [0.05, 0.1) is 12.1 Å². The van der Waals surface area contributed by atoms with E-state index in [0.29, 0.717) is 17.8 Å². The molecule has 122 valence electrons. The molecule has 0 saturated carbocycles. The van der Waals surface area contributed by atoms with Crippen LogP contribution >= 0.6 is 11.3 Å². The minimum Gasteiger partial charge on any atom is -0.480 e. The molecule has 0 unspecified atom stereocenters. The van der Waals surface area contributed by atoms with Crippen molar-refractivity contribution in [1.29, 1.82) is 0 Å². The second kappa shape index (κ2) is 6.36. The van der Waals surface area contributed by atoms with E-state index < -0.39 is 29.7 Å². The lowest BCUT2D eigenvalue weighted by atomic mass is 10.1. The zero-order valence-electron chi connectivity index (χ0n) is 13.0. The Morgan fingerprint density at radius 2 is 2.18 bits per heavy atom. The summed E-state index contributed by atoms with van der Waals surface area (Å²) in [6.07, 6.45) is -0.149. The molecule has 0 bridgehead atoms. The summed E-state index contributed by atoms with van der Waals surface area (Å²) in [4.78, 5) is 26.2. The summed E-state index contributed by atoms with van der Waals surface area (Å²) in [5.74, 6) is -1.82. The zero-order valence-corrected chi connectivity index (χ0v) is 13.8. The Bertz CT molecular complexity index is 538. The van der Waals surface area contributed by atoms with Gasteiger partial charge in [-0.3, -0.25) is 14.5 Å². The lowest BCUT2D eigenvalue weighted by molar-refractivity contribution is -0.161. The number of hydrogen-bond donors (Lipinski definition) is 2. The van der Waals surface area contributed by atoms with Crippen LogP contribution in [0, 0.1) is 5.92 Å². The molecule has 6 nitrogen and oxygen atoms in total. The topological polar surface area (TPSA) is 92.9 Å². The van der Waals surface area contributed by atoms with Gasteiger partial charge in [0.15, 0.2) is 0 Å². The maximum Gasteiger partial charge on any atom is 0.326 e. The lowest BCUT2D eigenvalue weighted by Crippen LogP contribution is -2.47. The van der Waals surface area contributed by atoms with Crippen LogP contribution in [-0.2, 0) is 14.3 Å². The van der Waals surface area contributed by atoms with Crippen molar-refractivity contribution in [2.45, 2.75) is 45.0 Å². The molecule has 1 saturated heterocycles. The monoisotopic (exact) mass is 326 g/mol. The molecule has 1 aliphatic rings. The first-order chi connectivity index (χ1) is 10.2. The molecular weight excluding hydrogens is 304 g/mol. The van der Waals surface area contributed by atoms with Crippen LogP contribution in [0.25, 0.3) is 0 Å². The van der Waals surface area contributed by atoms with Crippen molar-refractivity contribution < 1.29 is 19.4 Å². The van der Waals surface area contributed by atoms with Gasteiger partial charge in [0, 0.05) is 11.4 Å². The number of likely N-dealkylation sites (tertiary alicyclic amines) is 1. The summed E-state index contributed by atoms with van der Waals surface area (Å²) in [5, 5.41) is 11.4. The Morgan fingerprint density at radius 1 is 1.50 bits per heavy atom. The first-order valence-corrected chi connectivity index (χ1v) is 8.09. The van der Waals surface area contributed by atoms with Crippen LogP contribution in [0.4, 0.5) is 0 Å². The highest BCUT2D eigenvalue weighted by molar-refractivity contribution is 7.10. The Hall–Kier alpha value is -1.44. The molecule has 22 heavy (non-hydrogen) atoms. The molecule has 0 aromatic carbocycles. The summed E-state index contributed by atoms with van der Waals surface area (Å²) in [5.41, 5.74) is 5.57. The minimum atomic E-state index is -0.956. The maximum absolute atomic E-state index is 12.2. The van der Waals surface area contributed by atoms with Gasteiger partial charge in [0.1, 0.15) is 11.6 Å². The fraction of sp³-hybridized carbons (Fsp3) is 0.600. The number of nitrogens with zero attached hydrogens (tertiary/aromatic N) is 1. The highest BCUT2D eigenvalue weighted by Crippen LogP contribution is 2.34. The first kappa shape index (κ1) is 16.9. The Kier molecular flexibility index (Phi) is 4.89. The van der Waals surface area contributed by atoms with Crippen LogP contribution in [-0.4, -0.2) is 40.3 Å². The molecule has 1 aromatic heterocycles. The second-order valence-corrected chi connectivity index (χ2v) is 7.39. The zero-order chi connectivity index (χ0) is 16.5. The van der Waals surface area contributed by atoms with Crippen molar-refractivity contribution in [2.75, 3.05) is 6.54 Å². The fourth-order valence-electron chi connectivity index (χ4n) is 2.65. The largest absolute Gasteiger partial charge is 0.480 e. The molecule has 0 radical (unpaired) electrons. The molecule has 0 aliphatic carbocycles. The van der Waals surface area contributed by atoms with Crippen LogP contribution in [0.1, 0.15) is 38.1 Å². The van der Waals surface area contributed by atoms with E-state index in [-0.39, 0.29) is 5.97 Å². The Balaban J connectivity index is 2.14. The molecule has 3 N–H and O–H groups in total. The van der Waals surface area contributed by atoms with E-state index >= 15 is 0 Å². The molecule has 3 atom stereocenters. The SMILES string of the molecule is CC(C)(C)OC(=O)[C@@H]1CCN([C@H](C(=O)O)c2cccs2)[C@H]1N. The number of thiophene rings is 1. The number of rotatable bonds is 4. The van der Waals surface area contributed by atoms with Gasteiger partial charge in [-0.1, -0.05) is 6.07 Å². The van der Waals surface area contributed by atoms with Gasteiger partial charge in [0.25, 0.3) is 0 Å². The smallest absolute Gasteiger partial charge is 0.326 e. The third-order valence-corrected chi connectivity index (χ3v) is 4.51. The third-order valence-electron chi connectivity index (χ3n) is 3.58. The van der Waals surface area contributed by atoms with Crippen molar-refractivity contribution in [3.05, 3.63) is 22.4 Å². The van der Waals surface area contributed by atoms with Gasteiger partial charge in [-0.05, 0) is 38.6 Å². The second-order valence-electron chi connectivity index (χ2n) is 6.41. The molecule has 2 heterocycles. The summed E-state index contributed by atoms with van der Waals surface area (Å²) in [7, 11) is 0. The van der Waals surface area contributed by atoms with E-state index in [9.17, 15) is 14.7 Å². The van der Waals surface area contributed by atoms with Crippen LogP contribution in [0.5, 0.6) is 0 Å². The molecule has 1 aromatic rings. The van der Waals surface area contributed by atoms with Crippen LogP contribution < -0.4 is 5.73 Å². The maximum atomic E-state index is 12.2. The summed E-state index contributed by atoms with van der Waals surface area (Å²) < 4.78 is 5.38. The van der Waals surface area contributed by atoms with Gasteiger partial charge in [0.2, 0.25) is 0 Å². The number of carboxylic acid groups (broad SMARTS) is 1. The van der Waals surface area contributed by atoms with E-state index in [2.05, 4.69) is 0 Å². The van der Waals surface area contributed by atoms with E-state index in [1.807, 2.05) is 11.4 Å². The van der Waals surface area contributed by atoms with Crippen molar-refractivity contribution in [2.24, 2.45) is 11.7 Å². The molecule has 7 heteroatoms. The fourth-order valence-corrected chi connectivity index (χ4v) is 3.49. The number of ether oxygens (including phenoxy) is 1.